The van der Waals surface area contributed by atoms with E-state index in [1.165, 1.54) is 11.3 Å². The Morgan fingerprint density at radius 2 is 1.56 bits per heavy atom. The number of hydrogen-bond acceptors (Lipinski definition) is 5. The highest BCUT2D eigenvalue weighted by atomic mass is 16.5. The third-order valence-corrected chi connectivity index (χ3v) is 5.72. The predicted octanol–water partition coefficient (Wildman–Crippen LogP) is 4.98. The maximum atomic E-state index is 12.8. The second kappa shape index (κ2) is 9.64. The molecule has 1 aliphatic rings. The van der Waals surface area contributed by atoms with Crippen molar-refractivity contribution < 1.29 is 19.0 Å². The molecule has 0 radical (unpaired) electrons. The molecule has 166 valence electrons. The van der Waals surface area contributed by atoms with Gasteiger partial charge in [0.15, 0.2) is 11.5 Å². The largest absolute Gasteiger partial charge is 0.493 e. The Bertz CT molecular complexity index is 1090. The minimum atomic E-state index is -0.0429. The van der Waals surface area contributed by atoms with Crippen LogP contribution in [0.3, 0.4) is 0 Å². The van der Waals surface area contributed by atoms with Crippen molar-refractivity contribution in [1.82, 2.24) is 0 Å². The van der Waals surface area contributed by atoms with Crippen molar-refractivity contribution in [3.8, 4) is 17.2 Å². The minimum Gasteiger partial charge on any atom is -0.493 e. The van der Waals surface area contributed by atoms with Gasteiger partial charge < -0.3 is 24.4 Å². The van der Waals surface area contributed by atoms with E-state index in [1.807, 2.05) is 30.3 Å². The molecule has 0 spiro atoms. The van der Waals surface area contributed by atoms with E-state index in [0.29, 0.717) is 30.1 Å². The molecule has 1 heterocycles. The molecule has 0 saturated heterocycles. The second-order valence-electron chi connectivity index (χ2n) is 7.63. The highest BCUT2D eigenvalue weighted by Gasteiger charge is 2.22. The summed E-state index contributed by atoms with van der Waals surface area (Å²) in [4.78, 5) is 15.1. The van der Waals surface area contributed by atoms with Crippen LogP contribution in [-0.4, -0.2) is 33.8 Å². The van der Waals surface area contributed by atoms with Gasteiger partial charge in [-0.05, 0) is 54.3 Å². The molecule has 0 bridgehead atoms. The molecule has 0 unspecified atom stereocenters. The van der Waals surface area contributed by atoms with Crippen molar-refractivity contribution >= 4 is 23.0 Å². The number of rotatable bonds is 8. The zero-order valence-corrected chi connectivity index (χ0v) is 18.7. The Kier molecular flexibility index (Phi) is 6.50. The average molecular weight is 433 g/mol. The predicted molar refractivity (Wildman–Crippen MR) is 127 cm³/mol. The van der Waals surface area contributed by atoms with E-state index < -0.39 is 0 Å². The van der Waals surface area contributed by atoms with Gasteiger partial charge in [0.2, 0.25) is 11.7 Å². The summed E-state index contributed by atoms with van der Waals surface area (Å²) in [6, 6.07) is 20.1. The van der Waals surface area contributed by atoms with E-state index in [-0.39, 0.29) is 5.91 Å². The van der Waals surface area contributed by atoms with Crippen molar-refractivity contribution in [3.63, 3.8) is 0 Å². The second-order valence-corrected chi connectivity index (χ2v) is 7.63. The number of para-hydroxylation sites is 3. The summed E-state index contributed by atoms with van der Waals surface area (Å²) in [6.45, 7) is 0.900. The van der Waals surface area contributed by atoms with E-state index in [0.717, 1.165) is 29.9 Å². The molecule has 0 saturated carbocycles. The van der Waals surface area contributed by atoms with Crippen LogP contribution in [0.1, 0.15) is 17.5 Å². The number of aryl methyl sites for hydroxylation is 1. The van der Waals surface area contributed by atoms with Crippen LogP contribution in [0.25, 0.3) is 0 Å². The number of carbonyl (C=O) groups excluding carboxylic acids is 1. The van der Waals surface area contributed by atoms with Gasteiger partial charge in [0.25, 0.3) is 0 Å². The number of hydrogen-bond donors (Lipinski definition) is 1. The topological polar surface area (TPSA) is 60.0 Å². The molecule has 3 aromatic carbocycles. The van der Waals surface area contributed by atoms with Gasteiger partial charge in [-0.25, -0.2) is 0 Å². The number of methoxy groups -OCH3 is 3. The van der Waals surface area contributed by atoms with Gasteiger partial charge in [-0.2, -0.15) is 0 Å². The summed E-state index contributed by atoms with van der Waals surface area (Å²) in [5.41, 5.74) is 5.30. The summed E-state index contributed by atoms with van der Waals surface area (Å²) in [5, 5.41) is 3.10. The lowest BCUT2D eigenvalue weighted by Crippen LogP contribution is -2.18. The molecule has 0 aromatic heterocycles. The Morgan fingerprint density at radius 3 is 2.25 bits per heavy atom. The van der Waals surface area contributed by atoms with Gasteiger partial charge in [0.05, 0.1) is 32.7 Å². The fourth-order valence-electron chi connectivity index (χ4n) is 4.15. The lowest BCUT2D eigenvalue weighted by Gasteiger charge is -2.23. The first kappa shape index (κ1) is 21.6. The molecule has 0 atom stereocenters. The number of benzene rings is 3. The maximum absolute atomic E-state index is 12.8. The highest BCUT2D eigenvalue weighted by molar-refractivity contribution is 5.95. The summed E-state index contributed by atoms with van der Waals surface area (Å²) in [6.07, 6.45) is 1.89. The fraction of sp³-hybridized carbons (Fsp3) is 0.269. The molecular formula is C26H28N2O4. The number of ether oxygens (including phenoxy) is 3. The van der Waals surface area contributed by atoms with Crippen molar-refractivity contribution in [3.05, 3.63) is 71.8 Å². The van der Waals surface area contributed by atoms with Crippen LogP contribution in [0.4, 0.5) is 17.1 Å². The van der Waals surface area contributed by atoms with Crippen LogP contribution in [0.15, 0.2) is 60.7 Å². The van der Waals surface area contributed by atoms with Crippen LogP contribution in [0, 0.1) is 0 Å². The van der Waals surface area contributed by atoms with Crippen molar-refractivity contribution in [2.24, 2.45) is 0 Å². The Morgan fingerprint density at radius 1 is 0.906 bits per heavy atom. The van der Waals surface area contributed by atoms with Crippen LogP contribution in [-0.2, 0) is 17.6 Å². The Hall–Kier alpha value is -3.67. The highest BCUT2D eigenvalue weighted by Crippen LogP contribution is 2.39. The van der Waals surface area contributed by atoms with Crippen LogP contribution >= 0.6 is 0 Å². The first-order chi connectivity index (χ1) is 15.6. The quantitative estimate of drug-likeness (QED) is 0.544. The summed E-state index contributed by atoms with van der Waals surface area (Å²) in [7, 11) is 4.74. The van der Waals surface area contributed by atoms with Crippen molar-refractivity contribution in [2.75, 3.05) is 38.1 Å². The first-order valence-corrected chi connectivity index (χ1v) is 10.7. The molecule has 6 nitrogen and oxygen atoms in total. The normalized spacial score (nSPS) is 12.3. The molecule has 32 heavy (non-hydrogen) atoms. The van der Waals surface area contributed by atoms with E-state index >= 15 is 0 Å². The summed E-state index contributed by atoms with van der Waals surface area (Å²) >= 11 is 0. The monoisotopic (exact) mass is 432 g/mol. The zero-order chi connectivity index (χ0) is 22.5. The van der Waals surface area contributed by atoms with Crippen LogP contribution < -0.4 is 24.4 Å². The number of nitrogens with one attached hydrogen (secondary N) is 1. The Labute approximate surface area is 188 Å². The van der Waals surface area contributed by atoms with Gasteiger partial charge in [0.1, 0.15) is 0 Å². The van der Waals surface area contributed by atoms with Crippen LogP contribution in [0.2, 0.25) is 0 Å². The lowest BCUT2D eigenvalue weighted by atomic mass is 10.1. The number of nitrogens with zero attached hydrogens (tertiary/aromatic N) is 1. The number of fused-ring (bicyclic) bond motifs is 1. The number of anilines is 3. The summed E-state index contributed by atoms with van der Waals surface area (Å²) < 4.78 is 16.2. The van der Waals surface area contributed by atoms with Gasteiger partial charge in [-0.15, -0.1) is 0 Å². The number of carbonyl (C=O) groups is 1. The average Bonchev–Trinajstić information content (AvgIpc) is 3.26. The lowest BCUT2D eigenvalue weighted by molar-refractivity contribution is -0.116. The maximum Gasteiger partial charge on any atom is 0.224 e. The van der Waals surface area contributed by atoms with Gasteiger partial charge >= 0.3 is 0 Å². The fourth-order valence-corrected chi connectivity index (χ4v) is 4.15. The first-order valence-electron chi connectivity index (χ1n) is 10.7. The molecule has 0 aliphatic carbocycles. The van der Waals surface area contributed by atoms with E-state index in [4.69, 9.17) is 14.2 Å². The third-order valence-electron chi connectivity index (χ3n) is 5.72. The molecule has 0 fully saturated rings. The standard InChI is InChI=1S/C26H28N2O4/c1-30-23-16-18(17-24(31-2)26(23)32-3)12-13-25(29)27-20-9-5-7-11-22(20)28-15-14-19-8-4-6-10-21(19)28/h4-11,16-17H,12-15H2,1-3H3,(H,27,29). The summed E-state index contributed by atoms with van der Waals surface area (Å²) in [5.74, 6) is 1.67. The Balaban J connectivity index is 1.47. The smallest absolute Gasteiger partial charge is 0.224 e. The molecule has 1 N–H and O–H groups in total. The molecule has 1 amide bonds. The van der Waals surface area contributed by atoms with E-state index in [1.54, 1.807) is 21.3 Å². The minimum absolute atomic E-state index is 0.0429. The van der Waals surface area contributed by atoms with Gasteiger partial charge in [-0.3, -0.25) is 4.79 Å². The SMILES string of the molecule is COc1cc(CCC(=O)Nc2ccccc2N2CCc3ccccc32)cc(OC)c1OC. The third kappa shape index (κ3) is 4.35. The van der Waals surface area contributed by atoms with Gasteiger partial charge in [0, 0.05) is 18.7 Å². The molecule has 4 rings (SSSR count). The molecule has 1 aliphatic heterocycles. The molecule has 3 aromatic rings. The van der Waals surface area contributed by atoms with Crippen molar-refractivity contribution in [2.45, 2.75) is 19.3 Å². The van der Waals surface area contributed by atoms with E-state index in [9.17, 15) is 4.79 Å². The van der Waals surface area contributed by atoms with Crippen molar-refractivity contribution in [1.29, 1.82) is 0 Å². The molecule has 6 heteroatoms. The van der Waals surface area contributed by atoms with Crippen LogP contribution in [0.5, 0.6) is 17.2 Å². The van der Waals surface area contributed by atoms with Gasteiger partial charge in [-0.1, -0.05) is 30.3 Å². The van der Waals surface area contributed by atoms with E-state index in [2.05, 4.69) is 40.5 Å². The number of amides is 1. The zero-order valence-electron chi connectivity index (χ0n) is 18.7. The molecular weight excluding hydrogens is 404 g/mol.